The molecule has 0 bridgehead atoms. The average molecular weight is 206 g/mol. The van der Waals surface area contributed by atoms with Crippen LogP contribution in [0.4, 0.5) is 4.39 Å². The van der Waals surface area contributed by atoms with E-state index in [1.807, 2.05) is 12.1 Å². The van der Waals surface area contributed by atoms with Crippen molar-refractivity contribution in [3.63, 3.8) is 0 Å². The molecule has 69 valence electrons. The monoisotopic (exact) mass is 205 g/mol. The van der Waals surface area contributed by atoms with Crippen molar-refractivity contribution < 1.29 is 4.39 Å². The molecule has 0 aliphatic carbocycles. The lowest BCUT2D eigenvalue weighted by Crippen LogP contribution is -1.81. The lowest BCUT2D eigenvalue weighted by atomic mass is 10.1. The summed E-state index contributed by atoms with van der Waals surface area (Å²) in [4.78, 5) is 0. The van der Waals surface area contributed by atoms with Crippen LogP contribution in [0.1, 0.15) is 0 Å². The van der Waals surface area contributed by atoms with E-state index in [0.29, 0.717) is 10.6 Å². The highest BCUT2D eigenvalue weighted by atomic mass is 35.5. The summed E-state index contributed by atoms with van der Waals surface area (Å²) in [5, 5.41) is 0.547. The first kappa shape index (κ1) is 9.22. The Morgan fingerprint density at radius 3 is 2.79 bits per heavy atom. The third-order valence-corrected chi connectivity index (χ3v) is 2.28. The molecular weight excluding hydrogens is 199 g/mol. The molecule has 0 fully saturated rings. The zero-order chi connectivity index (χ0) is 9.97. The van der Waals surface area contributed by atoms with Crippen LogP contribution in [-0.4, -0.2) is 0 Å². The van der Waals surface area contributed by atoms with Crippen LogP contribution in [0, 0.1) is 11.9 Å². The van der Waals surface area contributed by atoms with E-state index in [-0.39, 0.29) is 5.82 Å². The van der Waals surface area contributed by atoms with Gasteiger partial charge in [-0.2, -0.15) is 0 Å². The zero-order valence-electron chi connectivity index (χ0n) is 7.30. The first-order valence-corrected chi connectivity index (χ1v) is 4.57. The summed E-state index contributed by atoms with van der Waals surface area (Å²) in [5.41, 5.74) is 1.57. The van der Waals surface area contributed by atoms with E-state index in [1.54, 1.807) is 18.2 Å². The molecule has 0 aliphatic heterocycles. The molecule has 14 heavy (non-hydrogen) atoms. The Morgan fingerprint density at radius 2 is 2.07 bits per heavy atom. The molecular formula is C12H7ClF. The Bertz CT molecular complexity index is 437. The predicted octanol–water partition coefficient (Wildman–Crippen LogP) is 3.95. The van der Waals surface area contributed by atoms with Gasteiger partial charge in [-0.15, -0.1) is 0 Å². The number of hydrogen-bond donors (Lipinski definition) is 0. The Labute approximate surface area is 87.0 Å². The molecule has 0 aliphatic rings. The third-order valence-electron chi connectivity index (χ3n) is 1.95. The Morgan fingerprint density at radius 1 is 1.21 bits per heavy atom. The van der Waals surface area contributed by atoms with Gasteiger partial charge in [-0.1, -0.05) is 29.8 Å². The van der Waals surface area contributed by atoms with Gasteiger partial charge in [0.05, 0.1) is 0 Å². The van der Waals surface area contributed by atoms with E-state index in [4.69, 9.17) is 11.6 Å². The summed E-state index contributed by atoms with van der Waals surface area (Å²) in [6.07, 6.45) is 0. The van der Waals surface area contributed by atoms with Crippen LogP contribution in [0.15, 0.2) is 42.5 Å². The van der Waals surface area contributed by atoms with Gasteiger partial charge in [0.25, 0.3) is 0 Å². The minimum absolute atomic E-state index is 0.284. The molecule has 0 amide bonds. The van der Waals surface area contributed by atoms with E-state index in [0.717, 1.165) is 5.56 Å². The molecule has 0 saturated carbocycles. The molecule has 1 radical (unpaired) electrons. The molecule has 2 aromatic rings. The summed E-state index contributed by atoms with van der Waals surface area (Å²) in [6, 6.07) is 14.5. The molecule has 0 unspecified atom stereocenters. The third kappa shape index (κ3) is 1.78. The van der Waals surface area contributed by atoms with Crippen molar-refractivity contribution in [3.8, 4) is 11.1 Å². The van der Waals surface area contributed by atoms with Gasteiger partial charge in [-0.05, 0) is 35.9 Å². The Balaban J connectivity index is 2.57. The van der Waals surface area contributed by atoms with Crippen LogP contribution >= 0.6 is 11.6 Å². The SMILES string of the molecule is Fc1ccc(Cl)c(-c2c[c]ccc2)c1. The van der Waals surface area contributed by atoms with E-state index < -0.39 is 0 Å². The van der Waals surface area contributed by atoms with Crippen LogP contribution in [0.2, 0.25) is 5.02 Å². The van der Waals surface area contributed by atoms with Crippen LogP contribution in [0.3, 0.4) is 0 Å². The summed E-state index contributed by atoms with van der Waals surface area (Å²) in [5.74, 6) is -0.284. The van der Waals surface area contributed by atoms with Gasteiger partial charge in [-0.25, -0.2) is 4.39 Å². The first-order chi connectivity index (χ1) is 6.77. The molecule has 0 aromatic heterocycles. The van der Waals surface area contributed by atoms with Gasteiger partial charge in [0.15, 0.2) is 0 Å². The van der Waals surface area contributed by atoms with Crippen molar-refractivity contribution in [2.24, 2.45) is 0 Å². The smallest absolute Gasteiger partial charge is 0.123 e. The van der Waals surface area contributed by atoms with E-state index in [1.165, 1.54) is 12.1 Å². The summed E-state index contributed by atoms with van der Waals surface area (Å²) >= 11 is 5.95. The summed E-state index contributed by atoms with van der Waals surface area (Å²) in [7, 11) is 0. The standard InChI is InChI=1S/C12H7ClF/c13-12-7-6-10(14)8-11(12)9-4-2-1-3-5-9/h1-2,4-8H. The highest BCUT2D eigenvalue weighted by Gasteiger charge is 2.03. The second-order valence-electron chi connectivity index (χ2n) is 2.92. The molecule has 0 nitrogen and oxygen atoms in total. The molecule has 0 heterocycles. The number of halogens is 2. The van der Waals surface area contributed by atoms with Crippen LogP contribution in [0.5, 0.6) is 0 Å². The van der Waals surface area contributed by atoms with Gasteiger partial charge in [0.2, 0.25) is 0 Å². The zero-order valence-corrected chi connectivity index (χ0v) is 8.05. The molecule has 0 N–H and O–H groups in total. The van der Waals surface area contributed by atoms with Crippen LogP contribution in [-0.2, 0) is 0 Å². The molecule has 2 heteroatoms. The summed E-state index contributed by atoms with van der Waals surface area (Å²) < 4.78 is 13.0. The van der Waals surface area contributed by atoms with E-state index in [2.05, 4.69) is 6.07 Å². The maximum absolute atomic E-state index is 13.0. The van der Waals surface area contributed by atoms with Crippen molar-refractivity contribution in [1.82, 2.24) is 0 Å². The lowest BCUT2D eigenvalue weighted by Gasteiger charge is -2.03. The fourth-order valence-corrected chi connectivity index (χ4v) is 1.51. The van der Waals surface area contributed by atoms with Gasteiger partial charge in [-0.3, -0.25) is 0 Å². The predicted molar refractivity (Wildman–Crippen MR) is 55.7 cm³/mol. The van der Waals surface area contributed by atoms with Gasteiger partial charge in [0.1, 0.15) is 5.82 Å². The number of benzene rings is 2. The quantitative estimate of drug-likeness (QED) is 0.662. The fourth-order valence-electron chi connectivity index (χ4n) is 1.28. The maximum atomic E-state index is 13.0. The van der Waals surface area contributed by atoms with E-state index in [9.17, 15) is 4.39 Å². The fraction of sp³-hybridized carbons (Fsp3) is 0. The van der Waals surface area contributed by atoms with Gasteiger partial charge in [0, 0.05) is 10.6 Å². The second-order valence-corrected chi connectivity index (χ2v) is 3.32. The average Bonchev–Trinajstić information content (AvgIpc) is 2.23. The van der Waals surface area contributed by atoms with Crippen molar-refractivity contribution in [3.05, 3.63) is 59.4 Å². The van der Waals surface area contributed by atoms with Crippen molar-refractivity contribution in [1.29, 1.82) is 0 Å². The molecule has 0 atom stereocenters. The van der Waals surface area contributed by atoms with Crippen molar-refractivity contribution >= 4 is 11.6 Å². The summed E-state index contributed by atoms with van der Waals surface area (Å²) in [6.45, 7) is 0. The lowest BCUT2D eigenvalue weighted by molar-refractivity contribution is 0.628. The molecule has 2 rings (SSSR count). The second kappa shape index (κ2) is 3.81. The number of rotatable bonds is 1. The van der Waals surface area contributed by atoms with Crippen LogP contribution < -0.4 is 0 Å². The Hall–Kier alpha value is -1.34. The van der Waals surface area contributed by atoms with E-state index >= 15 is 0 Å². The largest absolute Gasteiger partial charge is 0.207 e. The number of hydrogen-bond acceptors (Lipinski definition) is 0. The minimum atomic E-state index is -0.284. The topological polar surface area (TPSA) is 0 Å². The highest BCUT2D eigenvalue weighted by molar-refractivity contribution is 6.33. The van der Waals surface area contributed by atoms with Gasteiger partial charge >= 0.3 is 0 Å². The van der Waals surface area contributed by atoms with Crippen molar-refractivity contribution in [2.45, 2.75) is 0 Å². The molecule has 0 saturated heterocycles. The normalized spacial score (nSPS) is 10.1. The highest BCUT2D eigenvalue weighted by Crippen LogP contribution is 2.27. The van der Waals surface area contributed by atoms with Crippen LogP contribution in [0.25, 0.3) is 11.1 Å². The van der Waals surface area contributed by atoms with Gasteiger partial charge < -0.3 is 0 Å². The Kier molecular flexibility index (Phi) is 2.51. The molecule has 2 aromatic carbocycles. The maximum Gasteiger partial charge on any atom is 0.123 e. The van der Waals surface area contributed by atoms with Crippen molar-refractivity contribution in [2.75, 3.05) is 0 Å². The molecule has 0 spiro atoms. The minimum Gasteiger partial charge on any atom is -0.207 e. The first-order valence-electron chi connectivity index (χ1n) is 4.19.